The van der Waals surface area contributed by atoms with Crippen molar-refractivity contribution in [3.63, 3.8) is 0 Å². The van der Waals surface area contributed by atoms with Crippen LogP contribution in [-0.4, -0.2) is 23.1 Å². The maximum absolute atomic E-state index is 11.5. The van der Waals surface area contributed by atoms with Crippen LogP contribution >= 0.6 is 22.6 Å². The van der Waals surface area contributed by atoms with Crippen molar-refractivity contribution in [3.8, 4) is 0 Å². The molecule has 1 atom stereocenters. The molecule has 0 radical (unpaired) electrons. The standard InChI is InChI=1S/C11H13IN2O3/c1-7(5-10(15)16)13-11(17)14-9-4-2-3-8(12)6-9/h2-4,6-7H,5H2,1H3,(H,15,16)(H2,13,14,17). The molecule has 0 aromatic heterocycles. The van der Waals surface area contributed by atoms with E-state index < -0.39 is 18.0 Å². The fourth-order valence-electron chi connectivity index (χ4n) is 1.27. The molecule has 2 amide bonds. The van der Waals surface area contributed by atoms with Gasteiger partial charge in [0.15, 0.2) is 0 Å². The van der Waals surface area contributed by atoms with Crippen LogP contribution in [0.3, 0.4) is 0 Å². The predicted octanol–water partition coefficient (Wildman–Crippen LogP) is 2.28. The second-order valence-electron chi connectivity index (χ2n) is 3.61. The van der Waals surface area contributed by atoms with E-state index in [9.17, 15) is 9.59 Å². The molecule has 1 unspecified atom stereocenters. The zero-order valence-corrected chi connectivity index (χ0v) is 11.4. The normalized spacial score (nSPS) is 11.6. The van der Waals surface area contributed by atoms with Crippen LogP contribution in [0.4, 0.5) is 10.5 Å². The average molecular weight is 348 g/mol. The van der Waals surface area contributed by atoms with Crippen molar-refractivity contribution in [1.82, 2.24) is 5.32 Å². The van der Waals surface area contributed by atoms with Gasteiger partial charge in [-0.2, -0.15) is 0 Å². The molecule has 1 aromatic rings. The van der Waals surface area contributed by atoms with Crippen LogP contribution in [0.5, 0.6) is 0 Å². The minimum atomic E-state index is -0.938. The number of carbonyl (C=O) groups is 2. The summed E-state index contributed by atoms with van der Waals surface area (Å²) in [5.41, 5.74) is 0.678. The van der Waals surface area contributed by atoms with Gasteiger partial charge in [0.25, 0.3) is 0 Å². The van der Waals surface area contributed by atoms with Crippen molar-refractivity contribution in [2.24, 2.45) is 0 Å². The molecule has 1 rings (SSSR count). The molecule has 92 valence electrons. The SMILES string of the molecule is CC(CC(=O)O)NC(=O)Nc1cccc(I)c1. The lowest BCUT2D eigenvalue weighted by atomic mass is 10.2. The van der Waals surface area contributed by atoms with E-state index in [0.29, 0.717) is 5.69 Å². The molecule has 6 heteroatoms. The van der Waals surface area contributed by atoms with Crippen LogP contribution in [0, 0.1) is 3.57 Å². The second-order valence-corrected chi connectivity index (χ2v) is 4.85. The van der Waals surface area contributed by atoms with Gasteiger partial charge in [0, 0.05) is 15.3 Å². The first kappa shape index (κ1) is 13.8. The molecule has 1 aromatic carbocycles. The predicted molar refractivity (Wildman–Crippen MR) is 73.0 cm³/mol. The summed E-state index contributed by atoms with van der Waals surface area (Å²) in [6, 6.07) is 6.52. The Kier molecular flexibility index (Phi) is 5.20. The lowest BCUT2D eigenvalue weighted by Gasteiger charge is -2.12. The van der Waals surface area contributed by atoms with Gasteiger partial charge in [-0.15, -0.1) is 0 Å². The molecular weight excluding hydrogens is 335 g/mol. The fourth-order valence-corrected chi connectivity index (χ4v) is 1.81. The Labute approximate surface area is 113 Å². The summed E-state index contributed by atoms with van der Waals surface area (Å²) >= 11 is 2.14. The Morgan fingerprint density at radius 1 is 1.47 bits per heavy atom. The van der Waals surface area contributed by atoms with E-state index in [1.165, 1.54) is 0 Å². The van der Waals surface area contributed by atoms with E-state index in [2.05, 4.69) is 33.2 Å². The van der Waals surface area contributed by atoms with Crippen LogP contribution in [0.1, 0.15) is 13.3 Å². The summed E-state index contributed by atoms with van der Waals surface area (Å²) in [6.07, 6.45) is -0.0975. The zero-order chi connectivity index (χ0) is 12.8. The Bertz CT molecular complexity index is 423. The maximum atomic E-state index is 11.5. The van der Waals surface area contributed by atoms with Crippen molar-refractivity contribution in [3.05, 3.63) is 27.8 Å². The molecule has 3 N–H and O–H groups in total. The minimum absolute atomic E-state index is 0.0975. The number of benzene rings is 1. The third-order valence-electron chi connectivity index (χ3n) is 1.94. The van der Waals surface area contributed by atoms with E-state index in [-0.39, 0.29) is 6.42 Å². The molecule has 17 heavy (non-hydrogen) atoms. The number of amides is 2. The highest BCUT2D eigenvalue weighted by molar-refractivity contribution is 14.1. The molecule has 0 fully saturated rings. The van der Waals surface area contributed by atoms with Gasteiger partial charge in [0.1, 0.15) is 0 Å². The van der Waals surface area contributed by atoms with Crippen LogP contribution < -0.4 is 10.6 Å². The molecule has 0 saturated heterocycles. The molecule has 0 heterocycles. The van der Waals surface area contributed by atoms with Gasteiger partial charge in [-0.3, -0.25) is 4.79 Å². The summed E-state index contributed by atoms with van der Waals surface area (Å²) in [4.78, 5) is 21.9. The summed E-state index contributed by atoms with van der Waals surface area (Å²) < 4.78 is 1.01. The average Bonchev–Trinajstić information content (AvgIpc) is 2.14. The third-order valence-corrected chi connectivity index (χ3v) is 2.61. The highest BCUT2D eigenvalue weighted by Crippen LogP contribution is 2.12. The van der Waals surface area contributed by atoms with Crippen molar-refractivity contribution >= 4 is 40.3 Å². The Morgan fingerprint density at radius 3 is 2.76 bits per heavy atom. The summed E-state index contributed by atoms with van der Waals surface area (Å²) in [6.45, 7) is 1.64. The van der Waals surface area contributed by atoms with E-state index in [1.54, 1.807) is 13.0 Å². The molecule has 0 saturated carbocycles. The Morgan fingerprint density at radius 2 is 2.18 bits per heavy atom. The van der Waals surface area contributed by atoms with Gasteiger partial charge in [0.2, 0.25) is 0 Å². The Balaban J connectivity index is 2.47. The third kappa shape index (κ3) is 5.53. The number of anilines is 1. The van der Waals surface area contributed by atoms with Crippen LogP contribution in [0.2, 0.25) is 0 Å². The maximum Gasteiger partial charge on any atom is 0.319 e. The number of halogens is 1. The lowest BCUT2D eigenvalue weighted by Crippen LogP contribution is -2.37. The number of rotatable bonds is 4. The Hall–Kier alpha value is -1.31. The molecule has 0 spiro atoms. The number of carboxylic acids is 1. The van der Waals surface area contributed by atoms with Gasteiger partial charge in [-0.25, -0.2) is 4.79 Å². The van der Waals surface area contributed by atoms with Crippen molar-refractivity contribution in [2.45, 2.75) is 19.4 Å². The fraction of sp³-hybridized carbons (Fsp3) is 0.273. The largest absolute Gasteiger partial charge is 0.481 e. The molecule has 0 aliphatic carbocycles. The smallest absolute Gasteiger partial charge is 0.319 e. The number of aliphatic carboxylic acids is 1. The number of hydrogen-bond acceptors (Lipinski definition) is 2. The van der Waals surface area contributed by atoms with Crippen molar-refractivity contribution in [2.75, 3.05) is 5.32 Å². The summed E-state index contributed by atoms with van der Waals surface area (Å²) in [5, 5.41) is 13.7. The van der Waals surface area contributed by atoms with Gasteiger partial charge in [-0.1, -0.05) is 6.07 Å². The topological polar surface area (TPSA) is 78.4 Å². The quantitative estimate of drug-likeness (QED) is 0.731. The molecule has 0 aliphatic heterocycles. The highest BCUT2D eigenvalue weighted by atomic mass is 127. The number of urea groups is 1. The second kappa shape index (κ2) is 6.43. The van der Waals surface area contributed by atoms with E-state index in [0.717, 1.165) is 3.57 Å². The lowest BCUT2D eigenvalue weighted by molar-refractivity contribution is -0.137. The first-order valence-electron chi connectivity index (χ1n) is 5.02. The van der Waals surface area contributed by atoms with Crippen LogP contribution in [0.25, 0.3) is 0 Å². The first-order chi connectivity index (χ1) is 7.97. The van der Waals surface area contributed by atoms with E-state index >= 15 is 0 Å². The molecule has 5 nitrogen and oxygen atoms in total. The van der Waals surface area contributed by atoms with Gasteiger partial charge in [-0.05, 0) is 47.7 Å². The van der Waals surface area contributed by atoms with Gasteiger partial charge < -0.3 is 15.7 Å². The van der Waals surface area contributed by atoms with E-state index in [1.807, 2.05) is 18.2 Å². The molecule has 0 bridgehead atoms. The van der Waals surface area contributed by atoms with Crippen molar-refractivity contribution in [1.29, 1.82) is 0 Å². The van der Waals surface area contributed by atoms with Gasteiger partial charge in [0.05, 0.1) is 6.42 Å². The molecule has 0 aliphatic rings. The highest BCUT2D eigenvalue weighted by Gasteiger charge is 2.10. The molecular formula is C11H13IN2O3. The number of hydrogen-bond donors (Lipinski definition) is 3. The minimum Gasteiger partial charge on any atom is -0.481 e. The first-order valence-corrected chi connectivity index (χ1v) is 6.10. The van der Waals surface area contributed by atoms with Gasteiger partial charge >= 0.3 is 12.0 Å². The van der Waals surface area contributed by atoms with E-state index in [4.69, 9.17) is 5.11 Å². The number of carboxylic acid groups (broad SMARTS) is 1. The van der Waals surface area contributed by atoms with Crippen LogP contribution in [-0.2, 0) is 4.79 Å². The summed E-state index contributed by atoms with van der Waals surface area (Å²) in [5.74, 6) is -0.938. The zero-order valence-electron chi connectivity index (χ0n) is 9.24. The summed E-state index contributed by atoms with van der Waals surface area (Å²) in [7, 11) is 0. The van der Waals surface area contributed by atoms with Crippen LogP contribution in [0.15, 0.2) is 24.3 Å². The monoisotopic (exact) mass is 348 g/mol. The van der Waals surface area contributed by atoms with Crippen molar-refractivity contribution < 1.29 is 14.7 Å². The number of carbonyl (C=O) groups excluding carboxylic acids is 1. The number of nitrogens with one attached hydrogen (secondary N) is 2.